The molecule has 0 radical (unpaired) electrons. The minimum atomic E-state index is -0.0312. The summed E-state index contributed by atoms with van der Waals surface area (Å²) in [5.41, 5.74) is -0.0312. The van der Waals surface area contributed by atoms with Gasteiger partial charge >= 0.3 is 0 Å². The highest BCUT2D eigenvalue weighted by atomic mass is 16.5. The molecule has 0 aromatic carbocycles. The fourth-order valence-corrected chi connectivity index (χ4v) is 2.36. The highest BCUT2D eigenvalue weighted by Gasteiger charge is 2.36. The summed E-state index contributed by atoms with van der Waals surface area (Å²) in [7, 11) is 0. The van der Waals surface area contributed by atoms with Gasteiger partial charge in [-0.2, -0.15) is 0 Å². The van der Waals surface area contributed by atoms with Crippen LogP contribution in [-0.2, 0) is 4.74 Å². The molecule has 1 aliphatic rings. The molecule has 0 aliphatic carbocycles. The van der Waals surface area contributed by atoms with Crippen LogP contribution in [-0.4, -0.2) is 43.4 Å². The molecular formula is C11H24N2O. The topological polar surface area (TPSA) is 24.5 Å². The minimum Gasteiger partial charge on any atom is -0.358 e. The SMILES string of the molecule is CCCC1(N(CC)CC)CNCCO1. The predicted molar refractivity (Wildman–Crippen MR) is 59.4 cm³/mol. The van der Waals surface area contributed by atoms with Crippen molar-refractivity contribution in [3.8, 4) is 0 Å². The Bertz CT molecular complexity index is 146. The van der Waals surface area contributed by atoms with Crippen LogP contribution in [0.4, 0.5) is 0 Å². The maximum Gasteiger partial charge on any atom is 0.134 e. The lowest BCUT2D eigenvalue weighted by Crippen LogP contribution is -2.60. The van der Waals surface area contributed by atoms with Gasteiger partial charge in [-0.05, 0) is 19.5 Å². The molecule has 0 spiro atoms. The van der Waals surface area contributed by atoms with Gasteiger partial charge in [0.2, 0.25) is 0 Å². The standard InChI is InChI=1S/C11H24N2O/c1-4-7-11(13(5-2)6-3)10-12-8-9-14-11/h12H,4-10H2,1-3H3. The van der Waals surface area contributed by atoms with Gasteiger partial charge < -0.3 is 10.1 Å². The van der Waals surface area contributed by atoms with Crippen LogP contribution in [0.1, 0.15) is 33.6 Å². The monoisotopic (exact) mass is 200 g/mol. The van der Waals surface area contributed by atoms with E-state index < -0.39 is 0 Å². The lowest BCUT2D eigenvalue weighted by atomic mass is 10.0. The van der Waals surface area contributed by atoms with E-state index in [1.54, 1.807) is 0 Å². The molecule has 1 aliphatic heterocycles. The summed E-state index contributed by atoms with van der Waals surface area (Å²) in [5.74, 6) is 0. The van der Waals surface area contributed by atoms with Crippen molar-refractivity contribution in [1.29, 1.82) is 0 Å². The zero-order chi connectivity index (χ0) is 10.4. The second kappa shape index (κ2) is 5.69. The molecule has 0 bridgehead atoms. The van der Waals surface area contributed by atoms with Crippen molar-refractivity contribution >= 4 is 0 Å². The van der Waals surface area contributed by atoms with E-state index in [0.717, 1.165) is 39.2 Å². The molecule has 3 nitrogen and oxygen atoms in total. The number of ether oxygens (including phenoxy) is 1. The highest BCUT2D eigenvalue weighted by Crippen LogP contribution is 2.24. The average molecular weight is 200 g/mol. The van der Waals surface area contributed by atoms with Crippen LogP contribution in [0.5, 0.6) is 0 Å². The Labute approximate surface area is 87.8 Å². The molecule has 0 aromatic rings. The Kier molecular flexibility index (Phi) is 4.85. The molecule has 1 heterocycles. The fraction of sp³-hybridized carbons (Fsp3) is 1.00. The number of hydrogen-bond acceptors (Lipinski definition) is 3. The van der Waals surface area contributed by atoms with E-state index in [0.29, 0.717) is 0 Å². The number of hydrogen-bond donors (Lipinski definition) is 1. The molecule has 0 saturated carbocycles. The summed E-state index contributed by atoms with van der Waals surface area (Å²) in [6.45, 7) is 11.6. The number of nitrogens with one attached hydrogen (secondary N) is 1. The normalized spacial score (nSPS) is 28.3. The molecule has 1 fully saturated rings. The third kappa shape index (κ3) is 2.47. The van der Waals surface area contributed by atoms with E-state index in [1.165, 1.54) is 6.42 Å². The lowest BCUT2D eigenvalue weighted by molar-refractivity contribution is -0.171. The Hall–Kier alpha value is -0.120. The van der Waals surface area contributed by atoms with Crippen molar-refractivity contribution in [1.82, 2.24) is 10.2 Å². The molecular weight excluding hydrogens is 176 g/mol. The maximum absolute atomic E-state index is 6.01. The van der Waals surface area contributed by atoms with Crippen LogP contribution < -0.4 is 5.32 Å². The first-order valence-electron chi connectivity index (χ1n) is 5.88. The minimum absolute atomic E-state index is 0.0312. The number of morpholine rings is 1. The first kappa shape index (κ1) is 12.0. The second-order valence-corrected chi connectivity index (χ2v) is 3.89. The summed E-state index contributed by atoms with van der Waals surface area (Å²) in [6.07, 6.45) is 2.31. The zero-order valence-electron chi connectivity index (χ0n) is 9.81. The molecule has 3 heteroatoms. The molecule has 1 saturated heterocycles. The Balaban J connectivity index is 2.67. The van der Waals surface area contributed by atoms with Gasteiger partial charge in [0.1, 0.15) is 5.72 Å². The van der Waals surface area contributed by atoms with Gasteiger partial charge in [0.05, 0.1) is 6.61 Å². The third-order valence-electron chi connectivity index (χ3n) is 3.03. The highest BCUT2D eigenvalue weighted by molar-refractivity contribution is 4.85. The van der Waals surface area contributed by atoms with Gasteiger partial charge in [-0.3, -0.25) is 4.90 Å². The average Bonchev–Trinajstić information content (AvgIpc) is 2.21. The number of nitrogens with zero attached hydrogens (tertiary/aromatic N) is 1. The van der Waals surface area contributed by atoms with Gasteiger partial charge in [0.25, 0.3) is 0 Å². The Morgan fingerprint density at radius 2 is 2.00 bits per heavy atom. The van der Waals surface area contributed by atoms with Crippen LogP contribution >= 0.6 is 0 Å². The summed E-state index contributed by atoms with van der Waals surface area (Å²) in [4.78, 5) is 2.43. The summed E-state index contributed by atoms with van der Waals surface area (Å²) in [6, 6.07) is 0. The van der Waals surface area contributed by atoms with Crippen LogP contribution in [0.15, 0.2) is 0 Å². The second-order valence-electron chi connectivity index (χ2n) is 3.89. The predicted octanol–water partition coefficient (Wildman–Crippen LogP) is 1.44. The smallest absolute Gasteiger partial charge is 0.134 e. The van der Waals surface area contributed by atoms with Gasteiger partial charge in [-0.15, -0.1) is 0 Å². The van der Waals surface area contributed by atoms with Crippen LogP contribution in [0.2, 0.25) is 0 Å². The molecule has 0 aromatic heterocycles. The van der Waals surface area contributed by atoms with E-state index in [2.05, 4.69) is 31.0 Å². The summed E-state index contributed by atoms with van der Waals surface area (Å²) in [5, 5.41) is 3.44. The van der Waals surface area contributed by atoms with Crippen molar-refractivity contribution in [3.05, 3.63) is 0 Å². The molecule has 84 valence electrons. The largest absolute Gasteiger partial charge is 0.358 e. The van der Waals surface area contributed by atoms with Crippen molar-refractivity contribution in [2.75, 3.05) is 32.8 Å². The molecule has 1 rings (SSSR count). The zero-order valence-corrected chi connectivity index (χ0v) is 9.81. The quantitative estimate of drug-likeness (QED) is 0.727. The van der Waals surface area contributed by atoms with Gasteiger partial charge in [-0.25, -0.2) is 0 Å². The molecule has 0 amide bonds. The van der Waals surface area contributed by atoms with Gasteiger partial charge in [0, 0.05) is 13.1 Å². The summed E-state index contributed by atoms with van der Waals surface area (Å²) < 4.78 is 6.01. The third-order valence-corrected chi connectivity index (χ3v) is 3.03. The van der Waals surface area contributed by atoms with E-state index >= 15 is 0 Å². The van der Waals surface area contributed by atoms with Crippen LogP contribution in [0, 0.1) is 0 Å². The summed E-state index contributed by atoms with van der Waals surface area (Å²) >= 11 is 0. The first-order valence-corrected chi connectivity index (χ1v) is 5.88. The van der Waals surface area contributed by atoms with Crippen molar-refractivity contribution in [2.45, 2.75) is 39.3 Å². The molecule has 1 atom stereocenters. The van der Waals surface area contributed by atoms with Crippen LogP contribution in [0.3, 0.4) is 0 Å². The van der Waals surface area contributed by atoms with E-state index in [9.17, 15) is 0 Å². The fourth-order valence-electron chi connectivity index (χ4n) is 2.36. The molecule has 1 N–H and O–H groups in total. The lowest BCUT2D eigenvalue weighted by Gasteiger charge is -2.45. The van der Waals surface area contributed by atoms with Gasteiger partial charge in [-0.1, -0.05) is 27.2 Å². The first-order chi connectivity index (χ1) is 6.79. The Morgan fingerprint density at radius 1 is 1.29 bits per heavy atom. The number of rotatable bonds is 5. The Morgan fingerprint density at radius 3 is 2.43 bits per heavy atom. The van der Waals surface area contributed by atoms with E-state index in [-0.39, 0.29) is 5.72 Å². The van der Waals surface area contributed by atoms with Gasteiger partial charge in [0.15, 0.2) is 0 Å². The number of likely N-dealkylation sites (N-methyl/N-ethyl adjacent to an activating group) is 1. The van der Waals surface area contributed by atoms with Crippen molar-refractivity contribution < 1.29 is 4.74 Å². The van der Waals surface area contributed by atoms with E-state index in [4.69, 9.17) is 4.74 Å². The van der Waals surface area contributed by atoms with Crippen molar-refractivity contribution in [3.63, 3.8) is 0 Å². The van der Waals surface area contributed by atoms with E-state index in [1.807, 2.05) is 0 Å². The molecule has 1 unspecified atom stereocenters. The molecule has 14 heavy (non-hydrogen) atoms. The van der Waals surface area contributed by atoms with Crippen molar-refractivity contribution in [2.24, 2.45) is 0 Å². The van der Waals surface area contributed by atoms with Crippen LogP contribution in [0.25, 0.3) is 0 Å². The maximum atomic E-state index is 6.01.